The van der Waals surface area contributed by atoms with E-state index in [-0.39, 0.29) is 0 Å². The van der Waals surface area contributed by atoms with Crippen molar-refractivity contribution in [3.63, 3.8) is 0 Å². The zero-order valence-electron chi connectivity index (χ0n) is 19.3. The zero-order valence-corrected chi connectivity index (χ0v) is 20.1. The minimum Gasteiger partial charge on any atom is -0.366 e. The molecule has 4 rings (SSSR count). The Balaban J connectivity index is 1.41. The van der Waals surface area contributed by atoms with E-state index in [1.807, 2.05) is 17.7 Å². The Hall–Kier alpha value is -2.39. The molecule has 1 aliphatic carbocycles. The van der Waals surface area contributed by atoms with Crippen LogP contribution in [-0.2, 0) is 12.8 Å². The van der Waals surface area contributed by atoms with E-state index in [0.717, 1.165) is 31.8 Å². The van der Waals surface area contributed by atoms with Gasteiger partial charge in [-0.3, -0.25) is 4.99 Å². The molecular formula is C28H34N2S. The summed E-state index contributed by atoms with van der Waals surface area (Å²) in [4.78, 5) is 8.03. The summed E-state index contributed by atoms with van der Waals surface area (Å²) < 4.78 is 0. The van der Waals surface area contributed by atoms with E-state index in [2.05, 4.69) is 85.6 Å². The molecule has 0 atom stereocenters. The SMILES string of the molecule is CCN(C)C=NCCc1cc(C)c(Cc2csc(-c3ccc(C4CC4)cc3)c2)cc1C. The van der Waals surface area contributed by atoms with Crippen LogP contribution in [0.2, 0.25) is 0 Å². The fourth-order valence-electron chi connectivity index (χ4n) is 4.04. The van der Waals surface area contributed by atoms with Crippen LogP contribution < -0.4 is 0 Å². The summed E-state index contributed by atoms with van der Waals surface area (Å²) >= 11 is 1.86. The highest BCUT2D eigenvalue weighted by Gasteiger charge is 2.23. The van der Waals surface area contributed by atoms with Gasteiger partial charge in [0.2, 0.25) is 0 Å². The maximum Gasteiger partial charge on any atom is 0.0847 e. The van der Waals surface area contributed by atoms with Crippen molar-refractivity contribution in [2.75, 3.05) is 20.1 Å². The fraction of sp³-hybridized carbons (Fsp3) is 0.393. The molecule has 0 amide bonds. The lowest BCUT2D eigenvalue weighted by molar-refractivity contribution is 0.549. The third-order valence-corrected chi connectivity index (χ3v) is 7.40. The molecule has 0 saturated heterocycles. The third-order valence-electron chi connectivity index (χ3n) is 6.37. The van der Waals surface area contributed by atoms with E-state index >= 15 is 0 Å². The number of aliphatic imine (C=N–C) groups is 1. The normalized spacial score (nSPS) is 13.8. The lowest BCUT2D eigenvalue weighted by Gasteiger charge is -2.12. The molecule has 0 N–H and O–H groups in total. The van der Waals surface area contributed by atoms with Gasteiger partial charge in [0, 0.05) is 25.0 Å². The van der Waals surface area contributed by atoms with Gasteiger partial charge in [0.1, 0.15) is 0 Å². The highest BCUT2D eigenvalue weighted by molar-refractivity contribution is 7.13. The number of aryl methyl sites for hydroxylation is 2. The monoisotopic (exact) mass is 430 g/mol. The molecule has 3 aromatic rings. The minimum absolute atomic E-state index is 0.826. The second kappa shape index (κ2) is 9.82. The van der Waals surface area contributed by atoms with Gasteiger partial charge in [-0.15, -0.1) is 11.3 Å². The Labute approximate surface area is 191 Å². The lowest BCUT2D eigenvalue weighted by Crippen LogP contribution is -2.15. The topological polar surface area (TPSA) is 15.6 Å². The van der Waals surface area contributed by atoms with Gasteiger partial charge >= 0.3 is 0 Å². The Morgan fingerprint density at radius 1 is 1.03 bits per heavy atom. The number of nitrogens with zero attached hydrogens (tertiary/aromatic N) is 2. The highest BCUT2D eigenvalue weighted by Crippen LogP contribution is 2.40. The van der Waals surface area contributed by atoms with Crippen molar-refractivity contribution >= 4 is 17.7 Å². The quantitative estimate of drug-likeness (QED) is 0.263. The summed E-state index contributed by atoms with van der Waals surface area (Å²) in [5.74, 6) is 0.826. The molecule has 0 unspecified atom stereocenters. The van der Waals surface area contributed by atoms with Crippen LogP contribution in [0.4, 0.5) is 0 Å². The molecule has 31 heavy (non-hydrogen) atoms. The van der Waals surface area contributed by atoms with Gasteiger partial charge in [0.25, 0.3) is 0 Å². The van der Waals surface area contributed by atoms with Crippen molar-refractivity contribution < 1.29 is 0 Å². The lowest BCUT2D eigenvalue weighted by atomic mass is 9.94. The Bertz CT molecular complexity index is 1040. The number of hydrogen-bond donors (Lipinski definition) is 0. The molecule has 1 aliphatic rings. The molecule has 0 spiro atoms. The van der Waals surface area contributed by atoms with Crippen LogP contribution in [0.25, 0.3) is 10.4 Å². The van der Waals surface area contributed by atoms with E-state index in [9.17, 15) is 0 Å². The molecule has 0 bridgehead atoms. The average Bonchev–Trinajstić information content (AvgIpc) is 3.53. The van der Waals surface area contributed by atoms with E-state index in [1.54, 1.807) is 0 Å². The van der Waals surface area contributed by atoms with E-state index < -0.39 is 0 Å². The summed E-state index contributed by atoms with van der Waals surface area (Å²) in [6, 6.07) is 16.4. The van der Waals surface area contributed by atoms with Crippen LogP contribution in [0, 0.1) is 13.8 Å². The standard InChI is InChI=1S/C28H34N2S/c1-5-30(4)19-29-13-12-26-14-21(3)27(15-20(26)2)16-22-17-28(31-18-22)25-10-8-24(9-11-25)23-6-7-23/h8-11,14-15,17-19,23H,5-7,12-13,16H2,1-4H3. The molecular weight excluding hydrogens is 396 g/mol. The van der Waals surface area contributed by atoms with Crippen LogP contribution >= 0.6 is 11.3 Å². The van der Waals surface area contributed by atoms with Crippen molar-refractivity contribution in [3.05, 3.63) is 81.2 Å². The number of thiophene rings is 1. The predicted octanol–water partition coefficient (Wildman–Crippen LogP) is 7.02. The first-order chi connectivity index (χ1) is 15.0. The average molecular weight is 431 g/mol. The first-order valence-electron chi connectivity index (χ1n) is 11.5. The van der Waals surface area contributed by atoms with Crippen LogP contribution in [-0.4, -0.2) is 31.4 Å². The molecule has 1 aromatic heterocycles. The van der Waals surface area contributed by atoms with E-state index in [1.165, 1.54) is 56.7 Å². The zero-order chi connectivity index (χ0) is 21.8. The molecule has 2 nitrogen and oxygen atoms in total. The summed E-state index contributed by atoms with van der Waals surface area (Å²) in [7, 11) is 2.06. The fourth-order valence-corrected chi connectivity index (χ4v) is 4.96. The number of hydrogen-bond acceptors (Lipinski definition) is 2. The predicted molar refractivity (Wildman–Crippen MR) is 136 cm³/mol. The molecule has 2 aromatic carbocycles. The minimum atomic E-state index is 0.826. The van der Waals surface area contributed by atoms with Crippen molar-refractivity contribution in [2.24, 2.45) is 4.99 Å². The number of rotatable bonds is 9. The Morgan fingerprint density at radius 3 is 2.45 bits per heavy atom. The maximum atomic E-state index is 4.55. The first-order valence-corrected chi connectivity index (χ1v) is 12.4. The van der Waals surface area contributed by atoms with Crippen LogP contribution in [0.15, 0.2) is 52.8 Å². The molecule has 0 aliphatic heterocycles. The molecule has 0 radical (unpaired) electrons. The van der Waals surface area contributed by atoms with Gasteiger partial charge in [0.15, 0.2) is 0 Å². The molecule has 1 heterocycles. The van der Waals surface area contributed by atoms with Crippen LogP contribution in [0.3, 0.4) is 0 Å². The van der Waals surface area contributed by atoms with Crippen molar-refractivity contribution in [1.29, 1.82) is 0 Å². The van der Waals surface area contributed by atoms with Gasteiger partial charge in [-0.25, -0.2) is 0 Å². The summed E-state index contributed by atoms with van der Waals surface area (Å²) in [5, 5.41) is 2.33. The second-order valence-corrected chi connectivity index (χ2v) is 9.85. The van der Waals surface area contributed by atoms with Gasteiger partial charge < -0.3 is 4.90 Å². The van der Waals surface area contributed by atoms with Gasteiger partial charge in [-0.2, -0.15) is 0 Å². The Morgan fingerprint density at radius 2 is 1.74 bits per heavy atom. The van der Waals surface area contributed by atoms with E-state index in [4.69, 9.17) is 0 Å². The maximum absolute atomic E-state index is 4.55. The number of benzene rings is 2. The Kier molecular flexibility index (Phi) is 6.92. The molecule has 3 heteroatoms. The van der Waals surface area contributed by atoms with Crippen LogP contribution in [0.5, 0.6) is 0 Å². The summed E-state index contributed by atoms with van der Waals surface area (Å²) in [5.41, 5.74) is 9.88. The summed E-state index contributed by atoms with van der Waals surface area (Å²) in [6.45, 7) is 8.46. The van der Waals surface area contributed by atoms with Gasteiger partial charge in [-0.1, -0.05) is 36.4 Å². The largest absolute Gasteiger partial charge is 0.366 e. The summed E-state index contributed by atoms with van der Waals surface area (Å²) in [6.07, 6.45) is 6.68. The smallest absolute Gasteiger partial charge is 0.0847 e. The van der Waals surface area contributed by atoms with Crippen molar-refractivity contribution in [3.8, 4) is 10.4 Å². The van der Waals surface area contributed by atoms with Gasteiger partial charge in [-0.05, 0) is 103 Å². The first kappa shape index (κ1) is 21.8. The molecule has 1 fully saturated rings. The molecule has 162 valence electrons. The van der Waals surface area contributed by atoms with Gasteiger partial charge in [0.05, 0.1) is 6.34 Å². The van der Waals surface area contributed by atoms with Crippen molar-refractivity contribution in [2.45, 2.75) is 52.4 Å². The molecule has 1 saturated carbocycles. The van der Waals surface area contributed by atoms with E-state index in [0.29, 0.717) is 0 Å². The van der Waals surface area contributed by atoms with Crippen molar-refractivity contribution in [1.82, 2.24) is 4.90 Å². The van der Waals surface area contributed by atoms with Crippen LogP contribution in [0.1, 0.15) is 59.1 Å². The second-order valence-electron chi connectivity index (χ2n) is 8.94. The third kappa shape index (κ3) is 5.65. The highest BCUT2D eigenvalue weighted by atomic mass is 32.1.